The molecule has 0 atom stereocenters. The number of fused-ring (bicyclic) bond motifs is 1. The molecule has 0 aliphatic rings. The molecule has 0 amide bonds. The Labute approximate surface area is 181 Å². The highest BCUT2D eigenvalue weighted by Gasteiger charge is 2.11. The monoisotopic (exact) mass is 403 g/mol. The molecule has 0 unspecified atom stereocenters. The molecule has 1 heterocycles. The molecular weight excluding hydrogens is 382 g/mol. The van der Waals surface area contributed by atoms with Gasteiger partial charge in [-0.15, -0.1) is 15.0 Å². The first-order chi connectivity index (χ1) is 15.3. The molecule has 1 aromatic heterocycles. The zero-order valence-electron chi connectivity index (χ0n) is 16.9. The fraction of sp³-hybridized carbons (Fsp3) is 0.0370. The van der Waals surface area contributed by atoms with Crippen LogP contribution in [0.5, 0.6) is 5.75 Å². The SMILES string of the molecule is C(=C(c1ccccc1)n1nc2ccc(OCc3ccccc3)cc2n1)c1ccccc1. The Kier molecular flexibility index (Phi) is 5.27. The number of hydrogen-bond acceptors (Lipinski definition) is 3. The molecule has 4 nitrogen and oxygen atoms in total. The minimum absolute atomic E-state index is 0.518. The van der Waals surface area contributed by atoms with E-state index in [2.05, 4.69) is 42.5 Å². The van der Waals surface area contributed by atoms with Gasteiger partial charge in [0.15, 0.2) is 0 Å². The molecule has 5 aromatic rings. The predicted octanol–water partition coefficient (Wildman–Crippen LogP) is 6.06. The minimum Gasteiger partial charge on any atom is -0.489 e. The third-order valence-electron chi connectivity index (χ3n) is 4.99. The number of aromatic nitrogens is 3. The van der Waals surface area contributed by atoms with Gasteiger partial charge in [-0.1, -0.05) is 91.0 Å². The van der Waals surface area contributed by atoms with E-state index in [0.29, 0.717) is 6.61 Å². The summed E-state index contributed by atoms with van der Waals surface area (Å²) in [7, 11) is 0. The van der Waals surface area contributed by atoms with Crippen molar-refractivity contribution in [1.82, 2.24) is 15.0 Å². The number of nitrogens with zero attached hydrogens (tertiary/aromatic N) is 3. The van der Waals surface area contributed by atoms with Gasteiger partial charge < -0.3 is 4.74 Å². The second-order valence-electron chi connectivity index (χ2n) is 7.22. The van der Waals surface area contributed by atoms with Gasteiger partial charge in [-0.05, 0) is 29.3 Å². The number of benzene rings is 4. The Morgan fingerprint density at radius 3 is 2.10 bits per heavy atom. The molecule has 0 saturated carbocycles. The maximum atomic E-state index is 5.96. The van der Waals surface area contributed by atoms with Gasteiger partial charge in [0.25, 0.3) is 0 Å². The molecule has 31 heavy (non-hydrogen) atoms. The van der Waals surface area contributed by atoms with E-state index in [1.807, 2.05) is 72.8 Å². The van der Waals surface area contributed by atoms with Crippen molar-refractivity contribution in [1.29, 1.82) is 0 Å². The highest BCUT2D eigenvalue weighted by Crippen LogP contribution is 2.23. The van der Waals surface area contributed by atoms with Gasteiger partial charge in [-0.2, -0.15) is 0 Å². The van der Waals surface area contributed by atoms with E-state index in [-0.39, 0.29) is 0 Å². The Balaban J connectivity index is 1.49. The average Bonchev–Trinajstić information content (AvgIpc) is 3.26. The van der Waals surface area contributed by atoms with Crippen LogP contribution < -0.4 is 4.74 Å². The molecule has 0 N–H and O–H groups in total. The molecule has 4 heteroatoms. The van der Waals surface area contributed by atoms with Gasteiger partial charge >= 0.3 is 0 Å². The van der Waals surface area contributed by atoms with Crippen molar-refractivity contribution < 1.29 is 4.74 Å². The normalized spacial score (nSPS) is 11.5. The van der Waals surface area contributed by atoms with E-state index in [1.165, 1.54) is 0 Å². The van der Waals surface area contributed by atoms with Crippen LogP contribution in [0.25, 0.3) is 22.8 Å². The summed E-state index contributed by atoms with van der Waals surface area (Å²) in [6.07, 6.45) is 2.10. The topological polar surface area (TPSA) is 39.9 Å². The molecule has 0 fully saturated rings. The summed E-state index contributed by atoms with van der Waals surface area (Å²) in [5, 5.41) is 9.49. The van der Waals surface area contributed by atoms with E-state index in [0.717, 1.165) is 39.2 Å². The van der Waals surface area contributed by atoms with E-state index in [1.54, 1.807) is 4.80 Å². The van der Waals surface area contributed by atoms with Crippen molar-refractivity contribution in [2.45, 2.75) is 6.61 Å². The van der Waals surface area contributed by atoms with Crippen LogP contribution in [0.15, 0.2) is 109 Å². The standard InChI is InChI=1S/C27H21N3O/c1-4-10-21(11-5-1)18-27(23-14-8-3-9-15-23)30-28-25-17-16-24(19-26(25)29-30)31-20-22-12-6-2-7-13-22/h1-19H,20H2. The van der Waals surface area contributed by atoms with Gasteiger partial charge in [-0.3, -0.25) is 0 Å². The second kappa shape index (κ2) is 8.67. The van der Waals surface area contributed by atoms with E-state index in [9.17, 15) is 0 Å². The summed E-state index contributed by atoms with van der Waals surface area (Å²) in [5.74, 6) is 0.775. The summed E-state index contributed by atoms with van der Waals surface area (Å²) < 4.78 is 5.96. The number of ether oxygens (including phenoxy) is 1. The van der Waals surface area contributed by atoms with Crippen LogP contribution in [-0.4, -0.2) is 15.0 Å². The fourth-order valence-corrected chi connectivity index (χ4v) is 3.41. The first kappa shape index (κ1) is 18.8. The third kappa shape index (κ3) is 4.38. The summed E-state index contributed by atoms with van der Waals surface area (Å²) in [5.41, 5.74) is 5.79. The molecule has 0 aliphatic heterocycles. The Hall–Kier alpha value is -4.18. The number of hydrogen-bond donors (Lipinski definition) is 0. The lowest BCUT2D eigenvalue weighted by Gasteiger charge is -2.07. The summed E-state index contributed by atoms with van der Waals surface area (Å²) in [6, 6.07) is 36.3. The van der Waals surface area contributed by atoms with E-state index >= 15 is 0 Å². The van der Waals surface area contributed by atoms with Gasteiger partial charge in [-0.25, -0.2) is 0 Å². The zero-order valence-corrected chi connectivity index (χ0v) is 16.9. The molecule has 0 saturated heterocycles. The Bertz CT molecular complexity index is 1310. The van der Waals surface area contributed by atoms with Crippen molar-refractivity contribution in [3.63, 3.8) is 0 Å². The average molecular weight is 403 g/mol. The number of rotatable bonds is 6. The highest BCUT2D eigenvalue weighted by atomic mass is 16.5. The molecular formula is C27H21N3O. The Morgan fingerprint density at radius 2 is 1.35 bits per heavy atom. The first-order valence-electron chi connectivity index (χ1n) is 10.2. The molecule has 0 bridgehead atoms. The van der Waals surface area contributed by atoms with E-state index in [4.69, 9.17) is 14.9 Å². The Morgan fingerprint density at radius 1 is 0.710 bits per heavy atom. The van der Waals surface area contributed by atoms with Crippen LogP contribution in [0.2, 0.25) is 0 Å². The van der Waals surface area contributed by atoms with Crippen LogP contribution in [0.1, 0.15) is 16.7 Å². The highest BCUT2D eigenvalue weighted by molar-refractivity contribution is 5.83. The molecule has 5 rings (SSSR count). The van der Waals surface area contributed by atoms with Crippen molar-refractivity contribution >= 4 is 22.8 Å². The summed E-state index contributed by atoms with van der Waals surface area (Å²) >= 11 is 0. The lowest BCUT2D eigenvalue weighted by atomic mass is 10.1. The van der Waals surface area contributed by atoms with Crippen molar-refractivity contribution in [3.05, 3.63) is 126 Å². The summed E-state index contributed by atoms with van der Waals surface area (Å²) in [6.45, 7) is 0.518. The smallest absolute Gasteiger partial charge is 0.122 e. The molecule has 0 radical (unpaired) electrons. The van der Waals surface area contributed by atoms with Gasteiger partial charge in [0.05, 0.1) is 5.70 Å². The van der Waals surface area contributed by atoms with Gasteiger partial charge in [0, 0.05) is 11.6 Å². The minimum atomic E-state index is 0.518. The quantitative estimate of drug-likeness (QED) is 0.324. The summed E-state index contributed by atoms with van der Waals surface area (Å²) in [4.78, 5) is 1.70. The first-order valence-corrected chi connectivity index (χ1v) is 10.2. The van der Waals surface area contributed by atoms with Crippen LogP contribution in [0.4, 0.5) is 0 Å². The van der Waals surface area contributed by atoms with Crippen LogP contribution in [0, 0.1) is 0 Å². The lowest BCUT2D eigenvalue weighted by molar-refractivity contribution is 0.306. The second-order valence-corrected chi connectivity index (χ2v) is 7.22. The van der Waals surface area contributed by atoms with Crippen molar-refractivity contribution in [2.24, 2.45) is 0 Å². The van der Waals surface area contributed by atoms with Gasteiger partial charge in [0.2, 0.25) is 0 Å². The van der Waals surface area contributed by atoms with Crippen molar-refractivity contribution in [3.8, 4) is 5.75 Å². The van der Waals surface area contributed by atoms with Crippen LogP contribution in [-0.2, 0) is 6.61 Å². The van der Waals surface area contributed by atoms with E-state index < -0.39 is 0 Å². The van der Waals surface area contributed by atoms with Crippen LogP contribution >= 0.6 is 0 Å². The third-order valence-corrected chi connectivity index (χ3v) is 4.99. The maximum Gasteiger partial charge on any atom is 0.122 e. The molecule has 0 spiro atoms. The molecule has 0 aliphatic carbocycles. The lowest BCUT2D eigenvalue weighted by Crippen LogP contribution is -2.03. The van der Waals surface area contributed by atoms with Crippen molar-refractivity contribution in [2.75, 3.05) is 0 Å². The van der Waals surface area contributed by atoms with Gasteiger partial charge in [0.1, 0.15) is 23.4 Å². The van der Waals surface area contributed by atoms with Crippen LogP contribution in [0.3, 0.4) is 0 Å². The largest absolute Gasteiger partial charge is 0.489 e. The predicted molar refractivity (Wildman–Crippen MR) is 124 cm³/mol. The molecule has 4 aromatic carbocycles. The maximum absolute atomic E-state index is 5.96. The molecule has 150 valence electrons. The fourth-order valence-electron chi connectivity index (χ4n) is 3.41. The zero-order chi connectivity index (χ0) is 20.9.